The van der Waals surface area contributed by atoms with Crippen LogP contribution in [-0.2, 0) is 19.7 Å². The van der Waals surface area contributed by atoms with Gasteiger partial charge >= 0.3 is 5.97 Å². The van der Waals surface area contributed by atoms with E-state index < -0.39 is 22.2 Å². The van der Waals surface area contributed by atoms with Crippen molar-refractivity contribution in [3.63, 3.8) is 0 Å². The molecule has 1 fully saturated rings. The van der Waals surface area contributed by atoms with Crippen LogP contribution in [0.5, 0.6) is 0 Å². The molecule has 1 atom stereocenters. The average molecular weight is 292 g/mol. The molecule has 0 N–H and O–H groups in total. The molecule has 6 nitrogen and oxygen atoms in total. The predicted molar refractivity (Wildman–Crippen MR) is 72.8 cm³/mol. The summed E-state index contributed by atoms with van der Waals surface area (Å²) >= 11 is 0. The number of carbonyl (C=O) groups is 1. The number of unbranched alkanes of at least 4 members (excludes halogenated alkanes) is 1. The summed E-state index contributed by atoms with van der Waals surface area (Å²) in [7, 11) is -0.715. The number of hydrogen-bond acceptors (Lipinski definition) is 4. The molecule has 0 spiro atoms. The van der Waals surface area contributed by atoms with Gasteiger partial charge < -0.3 is 4.74 Å². The third kappa shape index (κ3) is 3.90. The van der Waals surface area contributed by atoms with Gasteiger partial charge in [-0.15, -0.1) is 0 Å². The second-order valence-corrected chi connectivity index (χ2v) is 6.82. The Balaban J connectivity index is 2.86. The van der Waals surface area contributed by atoms with Gasteiger partial charge in [-0.25, -0.2) is 0 Å². The first-order chi connectivity index (χ1) is 8.95. The lowest BCUT2D eigenvalue weighted by Crippen LogP contribution is -2.52. The van der Waals surface area contributed by atoms with Gasteiger partial charge in [0.05, 0.1) is 7.11 Å². The Morgan fingerprint density at radius 3 is 2.68 bits per heavy atom. The largest absolute Gasteiger partial charge is 0.468 e. The first kappa shape index (κ1) is 16.4. The zero-order chi connectivity index (χ0) is 14.5. The third-order valence-corrected chi connectivity index (χ3v) is 5.44. The van der Waals surface area contributed by atoms with Crippen LogP contribution in [0.1, 0.15) is 39.0 Å². The van der Waals surface area contributed by atoms with Crippen molar-refractivity contribution in [2.45, 2.75) is 45.1 Å². The molecule has 7 heteroatoms. The summed E-state index contributed by atoms with van der Waals surface area (Å²) in [6.45, 7) is 2.88. The van der Waals surface area contributed by atoms with Crippen molar-refractivity contribution in [2.24, 2.45) is 0 Å². The van der Waals surface area contributed by atoms with E-state index in [-0.39, 0.29) is 0 Å². The van der Waals surface area contributed by atoms with Crippen molar-refractivity contribution < 1.29 is 17.9 Å². The van der Waals surface area contributed by atoms with E-state index in [9.17, 15) is 13.2 Å². The number of piperidine rings is 1. The molecule has 1 aliphatic heterocycles. The summed E-state index contributed by atoms with van der Waals surface area (Å²) in [5.41, 5.74) is 0. The van der Waals surface area contributed by atoms with Crippen LogP contribution in [0.15, 0.2) is 0 Å². The number of esters is 1. The maximum absolute atomic E-state index is 12.5. The van der Waals surface area contributed by atoms with Gasteiger partial charge in [-0.3, -0.25) is 4.79 Å². The SMILES string of the molecule is CCCCN(C)S(=O)(=O)N1CCCCC1C(=O)OC. The van der Waals surface area contributed by atoms with Gasteiger partial charge in [0.25, 0.3) is 10.2 Å². The molecule has 0 aromatic heterocycles. The molecule has 19 heavy (non-hydrogen) atoms. The smallest absolute Gasteiger partial charge is 0.324 e. The molecule has 0 aliphatic carbocycles. The van der Waals surface area contributed by atoms with Crippen LogP contribution in [0.25, 0.3) is 0 Å². The molecular formula is C12H24N2O4S. The Bertz CT molecular complexity index is 397. The van der Waals surface area contributed by atoms with Gasteiger partial charge in [-0.1, -0.05) is 13.3 Å². The van der Waals surface area contributed by atoms with Gasteiger partial charge in [-0.2, -0.15) is 17.0 Å². The van der Waals surface area contributed by atoms with Gasteiger partial charge in [0.2, 0.25) is 0 Å². The lowest BCUT2D eigenvalue weighted by molar-refractivity contribution is -0.146. The summed E-state index contributed by atoms with van der Waals surface area (Å²) in [6, 6.07) is -0.673. The Labute approximate surface area is 115 Å². The van der Waals surface area contributed by atoms with Gasteiger partial charge in [0.1, 0.15) is 6.04 Å². The van der Waals surface area contributed by atoms with Crippen LogP contribution in [0, 0.1) is 0 Å². The second-order valence-electron chi connectivity index (χ2n) is 4.83. The van der Waals surface area contributed by atoms with Crippen molar-refractivity contribution in [1.82, 2.24) is 8.61 Å². The molecule has 0 saturated carbocycles. The molecule has 0 aromatic carbocycles. The molecular weight excluding hydrogens is 268 g/mol. The van der Waals surface area contributed by atoms with Crippen LogP contribution >= 0.6 is 0 Å². The van der Waals surface area contributed by atoms with E-state index >= 15 is 0 Å². The van der Waals surface area contributed by atoms with E-state index in [1.54, 1.807) is 7.05 Å². The highest BCUT2D eigenvalue weighted by Gasteiger charge is 2.39. The molecule has 1 unspecified atom stereocenters. The molecule has 1 aliphatic rings. The highest BCUT2D eigenvalue weighted by Crippen LogP contribution is 2.23. The topological polar surface area (TPSA) is 66.9 Å². The van der Waals surface area contributed by atoms with Crippen LogP contribution in [-0.4, -0.2) is 56.3 Å². The van der Waals surface area contributed by atoms with Gasteiger partial charge in [-0.05, 0) is 25.7 Å². The Morgan fingerprint density at radius 1 is 1.42 bits per heavy atom. The highest BCUT2D eigenvalue weighted by atomic mass is 32.2. The minimum atomic E-state index is -3.57. The molecule has 0 bridgehead atoms. The minimum absolute atomic E-state index is 0.387. The summed E-state index contributed by atoms with van der Waals surface area (Å²) in [5, 5.41) is 0. The zero-order valence-corrected chi connectivity index (χ0v) is 12.8. The lowest BCUT2D eigenvalue weighted by Gasteiger charge is -2.35. The molecule has 0 aromatic rings. The van der Waals surface area contributed by atoms with Crippen molar-refractivity contribution in [1.29, 1.82) is 0 Å². The van der Waals surface area contributed by atoms with E-state index in [4.69, 9.17) is 4.74 Å². The molecule has 1 rings (SSSR count). The Hall–Kier alpha value is -0.660. The average Bonchev–Trinajstić information content (AvgIpc) is 2.43. The van der Waals surface area contributed by atoms with E-state index in [0.29, 0.717) is 19.5 Å². The number of ether oxygens (including phenoxy) is 1. The summed E-state index contributed by atoms with van der Waals surface area (Å²) < 4.78 is 32.3. The lowest BCUT2D eigenvalue weighted by atomic mass is 10.1. The minimum Gasteiger partial charge on any atom is -0.468 e. The van der Waals surface area contributed by atoms with E-state index in [1.807, 2.05) is 6.92 Å². The standard InChI is InChI=1S/C12H24N2O4S/c1-4-5-9-13(2)19(16,17)14-10-7-6-8-11(14)12(15)18-3/h11H,4-10H2,1-3H3. The normalized spacial score (nSPS) is 21.6. The number of hydrogen-bond donors (Lipinski definition) is 0. The Morgan fingerprint density at radius 2 is 2.11 bits per heavy atom. The number of methoxy groups -OCH3 is 1. The number of rotatable bonds is 6. The maximum Gasteiger partial charge on any atom is 0.324 e. The third-order valence-electron chi connectivity index (χ3n) is 3.44. The van der Waals surface area contributed by atoms with Crippen LogP contribution < -0.4 is 0 Å². The van der Waals surface area contributed by atoms with Gasteiger partial charge in [0.15, 0.2) is 0 Å². The highest BCUT2D eigenvalue weighted by molar-refractivity contribution is 7.86. The fourth-order valence-electron chi connectivity index (χ4n) is 2.23. The van der Waals surface area contributed by atoms with Crippen LogP contribution in [0.3, 0.4) is 0 Å². The van der Waals surface area contributed by atoms with Crippen molar-refractivity contribution in [3.05, 3.63) is 0 Å². The summed E-state index contributed by atoms with van der Waals surface area (Å²) in [5.74, 6) is -0.466. The van der Waals surface area contributed by atoms with Gasteiger partial charge in [0, 0.05) is 20.1 Å². The second kappa shape index (κ2) is 7.21. The number of nitrogens with zero attached hydrogens (tertiary/aromatic N) is 2. The fraction of sp³-hybridized carbons (Fsp3) is 0.917. The van der Waals surface area contributed by atoms with Crippen LogP contribution in [0.4, 0.5) is 0 Å². The molecule has 1 saturated heterocycles. The quantitative estimate of drug-likeness (QED) is 0.685. The number of carbonyl (C=O) groups excluding carboxylic acids is 1. The Kier molecular flexibility index (Phi) is 6.22. The molecule has 0 amide bonds. The van der Waals surface area contributed by atoms with Crippen molar-refractivity contribution in [3.8, 4) is 0 Å². The van der Waals surface area contributed by atoms with Crippen molar-refractivity contribution in [2.75, 3.05) is 27.2 Å². The zero-order valence-electron chi connectivity index (χ0n) is 12.0. The monoisotopic (exact) mass is 292 g/mol. The van der Waals surface area contributed by atoms with Crippen LogP contribution in [0.2, 0.25) is 0 Å². The molecule has 0 radical (unpaired) electrons. The van der Waals surface area contributed by atoms with E-state index in [2.05, 4.69) is 0 Å². The van der Waals surface area contributed by atoms with E-state index in [0.717, 1.165) is 25.7 Å². The maximum atomic E-state index is 12.5. The van der Waals surface area contributed by atoms with E-state index in [1.165, 1.54) is 15.7 Å². The fourth-order valence-corrected chi connectivity index (χ4v) is 3.82. The first-order valence-corrected chi connectivity index (χ1v) is 8.15. The predicted octanol–water partition coefficient (Wildman–Crippen LogP) is 0.991. The molecule has 112 valence electrons. The first-order valence-electron chi connectivity index (χ1n) is 6.76. The summed E-state index contributed by atoms with van der Waals surface area (Å²) in [6.07, 6.45) is 3.92. The summed E-state index contributed by atoms with van der Waals surface area (Å²) in [4.78, 5) is 11.7. The van der Waals surface area contributed by atoms with Crippen molar-refractivity contribution >= 4 is 16.2 Å². The molecule has 1 heterocycles.